The number of hydrogen-bond acceptors (Lipinski definition) is 4. The van der Waals surface area contributed by atoms with Crippen LogP contribution in [0.3, 0.4) is 0 Å². The molecule has 0 saturated carbocycles. The standard InChI is InChI=1S/C15H15ClN2O2S/c16-11-5-3-10(4-6-11)14-17-8-12(21-14)9-18-7-1-2-13(18)15(19)20/h3-6,8,13H,1-2,7,9H2,(H,19,20)/t13-/m1/s1. The predicted molar refractivity (Wildman–Crippen MR) is 83.6 cm³/mol. The van der Waals surface area contributed by atoms with Crippen molar-refractivity contribution in [2.45, 2.75) is 25.4 Å². The van der Waals surface area contributed by atoms with Gasteiger partial charge in [0.2, 0.25) is 0 Å². The SMILES string of the molecule is O=C(O)[C@H]1CCCN1Cc1cnc(-c2ccc(Cl)cc2)s1. The van der Waals surface area contributed by atoms with Crippen LogP contribution in [0.1, 0.15) is 17.7 Å². The lowest BCUT2D eigenvalue weighted by atomic mass is 10.2. The van der Waals surface area contributed by atoms with Crippen molar-refractivity contribution >= 4 is 28.9 Å². The highest BCUT2D eigenvalue weighted by atomic mass is 35.5. The van der Waals surface area contributed by atoms with E-state index in [0.717, 1.165) is 34.8 Å². The molecule has 1 aromatic carbocycles. The summed E-state index contributed by atoms with van der Waals surface area (Å²) in [7, 11) is 0. The van der Waals surface area contributed by atoms with Crippen LogP contribution in [0.5, 0.6) is 0 Å². The summed E-state index contributed by atoms with van der Waals surface area (Å²) in [6.45, 7) is 1.49. The summed E-state index contributed by atoms with van der Waals surface area (Å²) in [4.78, 5) is 18.7. The van der Waals surface area contributed by atoms with E-state index in [1.54, 1.807) is 11.3 Å². The van der Waals surface area contributed by atoms with Crippen molar-refractivity contribution in [1.82, 2.24) is 9.88 Å². The number of carboxylic acids is 1. The fourth-order valence-corrected chi connectivity index (χ4v) is 3.67. The Morgan fingerprint density at radius 1 is 1.43 bits per heavy atom. The smallest absolute Gasteiger partial charge is 0.320 e. The maximum absolute atomic E-state index is 11.2. The Kier molecular flexibility index (Phi) is 4.24. The van der Waals surface area contributed by atoms with Crippen molar-refractivity contribution < 1.29 is 9.90 Å². The zero-order chi connectivity index (χ0) is 14.8. The summed E-state index contributed by atoms with van der Waals surface area (Å²) >= 11 is 7.49. The first kappa shape index (κ1) is 14.5. The first-order valence-electron chi connectivity index (χ1n) is 6.81. The van der Waals surface area contributed by atoms with Gasteiger partial charge in [-0.25, -0.2) is 4.98 Å². The molecule has 0 unspecified atom stereocenters. The quantitative estimate of drug-likeness (QED) is 0.936. The molecule has 2 heterocycles. The molecule has 1 aliphatic rings. The Morgan fingerprint density at radius 2 is 2.19 bits per heavy atom. The minimum Gasteiger partial charge on any atom is -0.480 e. The van der Waals surface area contributed by atoms with Crippen LogP contribution in [0.2, 0.25) is 5.02 Å². The van der Waals surface area contributed by atoms with E-state index in [-0.39, 0.29) is 6.04 Å². The van der Waals surface area contributed by atoms with Gasteiger partial charge in [0, 0.05) is 28.2 Å². The van der Waals surface area contributed by atoms with Gasteiger partial charge in [-0.3, -0.25) is 9.69 Å². The predicted octanol–water partition coefficient (Wildman–Crippen LogP) is 3.51. The Morgan fingerprint density at radius 3 is 2.90 bits per heavy atom. The molecule has 1 saturated heterocycles. The molecule has 0 radical (unpaired) electrons. The van der Waals surface area contributed by atoms with Crippen molar-refractivity contribution in [2.24, 2.45) is 0 Å². The lowest BCUT2D eigenvalue weighted by Gasteiger charge is -2.19. The number of carbonyl (C=O) groups is 1. The van der Waals surface area contributed by atoms with Gasteiger partial charge in [0.1, 0.15) is 11.0 Å². The van der Waals surface area contributed by atoms with Gasteiger partial charge in [-0.2, -0.15) is 0 Å². The van der Waals surface area contributed by atoms with Crippen LogP contribution in [0.4, 0.5) is 0 Å². The normalized spacial score (nSPS) is 19.0. The molecule has 2 aromatic rings. The molecule has 0 bridgehead atoms. The largest absolute Gasteiger partial charge is 0.480 e. The number of rotatable bonds is 4. The van der Waals surface area contributed by atoms with Crippen molar-refractivity contribution in [3.05, 3.63) is 40.4 Å². The highest BCUT2D eigenvalue weighted by molar-refractivity contribution is 7.15. The Labute approximate surface area is 132 Å². The van der Waals surface area contributed by atoms with Crippen molar-refractivity contribution in [3.8, 4) is 10.6 Å². The van der Waals surface area contributed by atoms with Gasteiger partial charge < -0.3 is 5.11 Å². The number of carboxylic acid groups (broad SMARTS) is 1. The van der Waals surface area contributed by atoms with Gasteiger partial charge in [-0.05, 0) is 31.5 Å². The van der Waals surface area contributed by atoms with Gasteiger partial charge in [0.15, 0.2) is 0 Å². The van der Waals surface area contributed by atoms with Crippen LogP contribution in [-0.4, -0.2) is 33.5 Å². The zero-order valence-corrected chi connectivity index (χ0v) is 12.9. The number of thiazole rings is 1. The highest BCUT2D eigenvalue weighted by Crippen LogP contribution is 2.28. The molecule has 1 atom stereocenters. The molecule has 4 nitrogen and oxygen atoms in total. The second kappa shape index (κ2) is 6.13. The second-order valence-corrected chi connectivity index (χ2v) is 6.66. The molecule has 21 heavy (non-hydrogen) atoms. The summed E-state index contributed by atoms with van der Waals surface area (Å²) in [5.74, 6) is -0.727. The van der Waals surface area contributed by atoms with E-state index in [0.29, 0.717) is 11.6 Å². The molecular weight excluding hydrogens is 308 g/mol. The summed E-state index contributed by atoms with van der Waals surface area (Å²) < 4.78 is 0. The monoisotopic (exact) mass is 322 g/mol. The number of likely N-dealkylation sites (tertiary alicyclic amines) is 1. The van der Waals surface area contributed by atoms with Crippen LogP contribution in [0.25, 0.3) is 10.6 Å². The fraction of sp³-hybridized carbons (Fsp3) is 0.333. The van der Waals surface area contributed by atoms with E-state index in [1.807, 2.05) is 35.4 Å². The van der Waals surface area contributed by atoms with Crippen LogP contribution in [-0.2, 0) is 11.3 Å². The minimum atomic E-state index is -0.727. The van der Waals surface area contributed by atoms with E-state index < -0.39 is 5.97 Å². The first-order valence-corrected chi connectivity index (χ1v) is 8.00. The fourth-order valence-electron chi connectivity index (χ4n) is 2.60. The number of hydrogen-bond donors (Lipinski definition) is 1. The summed E-state index contributed by atoms with van der Waals surface area (Å²) in [5, 5.41) is 10.8. The number of aliphatic carboxylic acids is 1. The lowest BCUT2D eigenvalue weighted by Crippen LogP contribution is -2.35. The third kappa shape index (κ3) is 3.26. The lowest BCUT2D eigenvalue weighted by molar-refractivity contribution is -0.142. The summed E-state index contributed by atoms with van der Waals surface area (Å²) in [6.07, 6.45) is 3.52. The number of benzene rings is 1. The van der Waals surface area contributed by atoms with Crippen LogP contribution in [0.15, 0.2) is 30.5 Å². The second-order valence-electron chi connectivity index (χ2n) is 5.11. The van der Waals surface area contributed by atoms with E-state index >= 15 is 0 Å². The molecular formula is C15H15ClN2O2S. The Hall–Kier alpha value is -1.43. The van der Waals surface area contributed by atoms with Crippen molar-refractivity contribution in [1.29, 1.82) is 0 Å². The van der Waals surface area contributed by atoms with Gasteiger partial charge in [-0.15, -0.1) is 11.3 Å². The molecule has 1 aliphatic heterocycles. The maximum atomic E-state index is 11.2. The Balaban J connectivity index is 1.73. The van der Waals surface area contributed by atoms with Crippen LogP contribution in [0, 0.1) is 0 Å². The first-order chi connectivity index (χ1) is 10.1. The molecule has 1 aromatic heterocycles. The maximum Gasteiger partial charge on any atom is 0.320 e. The van der Waals surface area contributed by atoms with E-state index in [1.165, 1.54) is 0 Å². The molecule has 0 amide bonds. The highest BCUT2D eigenvalue weighted by Gasteiger charge is 2.30. The van der Waals surface area contributed by atoms with Gasteiger partial charge in [0.05, 0.1) is 0 Å². The van der Waals surface area contributed by atoms with E-state index in [2.05, 4.69) is 4.98 Å². The molecule has 110 valence electrons. The Bertz CT molecular complexity index is 641. The molecule has 1 N–H and O–H groups in total. The summed E-state index contributed by atoms with van der Waals surface area (Å²) in [6, 6.07) is 7.23. The van der Waals surface area contributed by atoms with E-state index in [4.69, 9.17) is 11.6 Å². The third-order valence-electron chi connectivity index (χ3n) is 3.65. The average Bonchev–Trinajstić information content (AvgIpc) is 3.09. The van der Waals surface area contributed by atoms with Gasteiger partial charge in [-0.1, -0.05) is 23.7 Å². The number of aromatic nitrogens is 1. The van der Waals surface area contributed by atoms with Crippen molar-refractivity contribution in [3.63, 3.8) is 0 Å². The average molecular weight is 323 g/mol. The van der Waals surface area contributed by atoms with Crippen LogP contribution >= 0.6 is 22.9 Å². The van der Waals surface area contributed by atoms with Gasteiger partial charge >= 0.3 is 5.97 Å². The molecule has 0 spiro atoms. The summed E-state index contributed by atoms with van der Waals surface area (Å²) in [5.41, 5.74) is 1.03. The van der Waals surface area contributed by atoms with E-state index in [9.17, 15) is 9.90 Å². The molecule has 3 rings (SSSR count). The zero-order valence-electron chi connectivity index (χ0n) is 11.3. The number of halogens is 1. The minimum absolute atomic E-state index is 0.355. The van der Waals surface area contributed by atoms with Gasteiger partial charge in [0.25, 0.3) is 0 Å². The molecule has 0 aliphatic carbocycles. The third-order valence-corrected chi connectivity index (χ3v) is 4.94. The molecule has 6 heteroatoms. The van der Waals surface area contributed by atoms with Crippen LogP contribution < -0.4 is 0 Å². The topological polar surface area (TPSA) is 53.4 Å². The number of nitrogens with zero attached hydrogens (tertiary/aromatic N) is 2. The van der Waals surface area contributed by atoms with Crippen molar-refractivity contribution in [2.75, 3.05) is 6.54 Å². The molecule has 1 fully saturated rings.